The number of hydrogen-bond donors (Lipinski definition) is 0. The molecule has 2 aliphatic rings. The molecule has 128 valence electrons. The van der Waals surface area contributed by atoms with Gasteiger partial charge in [-0.1, -0.05) is 30.3 Å². The third-order valence-corrected chi connectivity index (χ3v) is 7.25. The molecule has 0 unspecified atom stereocenters. The summed E-state index contributed by atoms with van der Waals surface area (Å²) in [6.45, 7) is 5.96. The van der Waals surface area contributed by atoms with Crippen LogP contribution in [0.5, 0.6) is 0 Å². The van der Waals surface area contributed by atoms with E-state index in [1.807, 2.05) is 6.07 Å². The summed E-state index contributed by atoms with van der Waals surface area (Å²) >= 11 is 0. The third-order valence-electron chi connectivity index (χ3n) is 4.95. The predicted octanol–water partition coefficient (Wildman–Crippen LogP) is 1.70. The molecular weight excluding hydrogens is 312 g/mol. The van der Waals surface area contributed by atoms with E-state index < -0.39 is 10.0 Å². The lowest BCUT2D eigenvalue weighted by molar-refractivity contribution is 0.197. The molecule has 2 heterocycles. The van der Waals surface area contributed by atoms with Crippen LogP contribution in [0.15, 0.2) is 30.3 Å². The van der Waals surface area contributed by atoms with Gasteiger partial charge in [0.25, 0.3) is 0 Å². The minimum absolute atomic E-state index is 0.349. The molecule has 0 aliphatic carbocycles. The van der Waals surface area contributed by atoms with Crippen molar-refractivity contribution in [3.63, 3.8) is 0 Å². The van der Waals surface area contributed by atoms with E-state index in [0.717, 1.165) is 19.5 Å². The molecule has 0 aromatic heterocycles. The van der Waals surface area contributed by atoms with Crippen molar-refractivity contribution in [2.24, 2.45) is 0 Å². The van der Waals surface area contributed by atoms with Crippen LogP contribution in [0.25, 0.3) is 0 Å². The highest BCUT2D eigenvalue weighted by Crippen LogP contribution is 2.22. The molecule has 0 bridgehead atoms. The Balaban J connectivity index is 1.65. The number of rotatable bonds is 4. The second kappa shape index (κ2) is 7.30. The van der Waals surface area contributed by atoms with Crippen LogP contribution in [0.2, 0.25) is 0 Å². The van der Waals surface area contributed by atoms with Crippen LogP contribution in [-0.2, 0) is 21.3 Å². The highest BCUT2D eigenvalue weighted by atomic mass is 32.2. The fourth-order valence-electron chi connectivity index (χ4n) is 3.35. The van der Waals surface area contributed by atoms with Gasteiger partial charge >= 0.3 is 0 Å². The van der Waals surface area contributed by atoms with Crippen molar-refractivity contribution < 1.29 is 13.2 Å². The number of nitrogens with zero attached hydrogens (tertiary/aromatic N) is 2. The van der Waals surface area contributed by atoms with E-state index in [4.69, 9.17) is 4.74 Å². The molecule has 5 nitrogen and oxygen atoms in total. The van der Waals surface area contributed by atoms with Gasteiger partial charge in [0.05, 0.1) is 6.61 Å². The van der Waals surface area contributed by atoms with Gasteiger partial charge in [0.2, 0.25) is 10.0 Å². The maximum absolute atomic E-state index is 12.7. The van der Waals surface area contributed by atoms with Crippen LogP contribution in [-0.4, -0.2) is 61.8 Å². The Morgan fingerprint density at radius 1 is 1.13 bits per heavy atom. The molecule has 0 N–H and O–H groups in total. The minimum atomic E-state index is -3.22. The van der Waals surface area contributed by atoms with Crippen molar-refractivity contribution in [1.82, 2.24) is 9.21 Å². The molecule has 1 aromatic carbocycles. The van der Waals surface area contributed by atoms with Crippen molar-refractivity contribution in [2.45, 2.75) is 37.6 Å². The summed E-state index contributed by atoms with van der Waals surface area (Å²) in [6, 6.07) is 10.8. The first-order chi connectivity index (χ1) is 11.1. The number of benzene rings is 1. The van der Waals surface area contributed by atoms with Gasteiger partial charge in [0.1, 0.15) is 5.25 Å². The van der Waals surface area contributed by atoms with Crippen LogP contribution in [0, 0.1) is 0 Å². The molecule has 2 aliphatic heterocycles. The van der Waals surface area contributed by atoms with Gasteiger partial charge in [-0.25, -0.2) is 12.7 Å². The largest absolute Gasteiger partial charge is 0.380 e. The lowest BCUT2D eigenvalue weighted by Gasteiger charge is -2.26. The molecule has 2 atom stereocenters. The van der Waals surface area contributed by atoms with E-state index in [0.29, 0.717) is 38.8 Å². The molecule has 0 radical (unpaired) electrons. The first kappa shape index (κ1) is 16.9. The van der Waals surface area contributed by atoms with Gasteiger partial charge in [0, 0.05) is 38.8 Å². The maximum Gasteiger partial charge on any atom is 0.219 e. The fourth-order valence-corrected chi connectivity index (χ4v) is 5.13. The van der Waals surface area contributed by atoms with E-state index in [1.54, 1.807) is 4.31 Å². The maximum atomic E-state index is 12.7. The lowest BCUT2D eigenvalue weighted by Crippen LogP contribution is -2.41. The number of ether oxygens (including phenoxy) is 1. The summed E-state index contributed by atoms with van der Waals surface area (Å²) < 4.78 is 32.4. The Kier molecular flexibility index (Phi) is 5.36. The zero-order chi connectivity index (χ0) is 16.3. The SMILES string of the molecule is C[C@H]1CCN(S(=O)(=O)[C@@H]2CCOC2)CCN1Cc1ccccc1. The van der Waals surface area contributed by atoms with Gasteiger partial charge < -0.3 is 4.74 Å². The molecule has 0 amide bonds. The van der Waals surface area contributed by atoms with E-state index in [9.17, 15) is 8.42 Å². The van der Waals surface area contributed by atoms with Crippen molar-refractivity contribution in [1.29, 1.82) is 0 Å². The van der Waals surface area contributed by atoms with E-state index in [2.05, 4.69) is 36.1 Å². The van der Waals surface area contributed by atoms with Crippen molar-refractivity contribution >= 4 is 10.0 Å². The molecule has 1 aromatic rings. The topological polar surface area (TPSA) is 49.9 Å². The Hall–Kier alpha value is -0.950. The molecule has 0 spiro atoms. The fraction of sp³-hybridized carbons (Fsp3) is 0.647. The van der Waals surface area contributed by atoms with Gasteiger partial charge in [-0.2, -0.15) is 0 Å². The van der Waals surface area contributed by atoms with Crippen molar-refractivity contribution in [3.05, 3.63) is 35.9 Å². The molecule has 2 saturated heterocycles. The summed E-state index contributed by atoms with van der Waals surface area (Å²) in [5.74, 6) is 0. The standard InChI is InChI=1S/C17H26N2O3S/c1-15-7-9-19(23(20,21)17-8-12-22-14-17)11-10-18(15)13-16-5-3-2-4-6-16/h2-6,15,17H,7-14H2,1H3/t15-,17+/m0/s1. The van der Waals surface area contributed by atoms with E-state index in [1.165, 1.54) is 5.56 Å². The summed E-state index contributed by atoms with van der Waals surface area (Å²) in [6.07, 6.45) is 1.50. The number of sulfonamides is 1. The first-order valence-electron chi connectivity index (χ1n) is 8.42. The second-order valence-electron chi connectivity index (χ2n) is 6.52. The van der Waals surface area contributed by atoms with Crippen LogP contribution in [0.3, 0.4) is 0 Å². The Morgan fingerprint density at radius 3 is 2.61 bits per heavy atom. The summed E-state index contributed by atoms with van der Waals surface area (Å²) in [5.41, 5.74) is 1.28. The highest BCUT2D eigenvalue weighted by Gasteiger charge is 2.36. The first-order valence-corrected chi connectivity index (χ1v) is 9.92. The summed E-state index contributed by atoms with van der Waals surface area (Å²) in [7, 11) is -3.22. The number of hydrogen-bond acceptors (Lipinski definition) is 4. The van der Waals surface area contributed by atoms with E-state index in [-0.39, 0.29) is 5.25 Å². The smallest absolute Gasteiger partial charge is 0.219 e. The van der Waals surface area contributed by atoms with Crippen LogP contribution < -0.4 is 0 Å². The van der Waals surface area contributed by atoms with Crippen LogP contribution in [0.4, 0.5) is 0 Å². The average Bonchev–Trinajstić information content (AvgIpc) is 3.03. The van der Waals surface area contributed by atoms with Gasteiger partial charge in [-0.05, 0) is 25.3 Å². The Morgan fingerprint density at radius 2 is 1.91 bits per heavy atom. The Bertz CT molecular complexity index is 600. The zero-order valence-corrected chi connectivity index (χ0v) is 14.5. The highest BCUT2D eigenvalue weighted by molar-refractivity contribution is 7.89. The average molecular weight is 338 g/mol. The van der Waals surface area contributed by atoms with Crippen molar-refractivity contribution in [2.75, 3.05) is 32.8 Å². The van der Waals surface area contributed by atoms with Gasteiger partial charge in [-0.3, -0.25) is 4.90 Å². The van der Waals surface area contributed by atoms with Gasteiger partial charge in [0.15, 0.2) is 0 Å². The monoisotopic (exact) mass is 338 g/mol. The van der Waals surface area contributed by atoms with Gasteiger partial charge in [-0.15, -0.1) is 0 Å². The lowest BCUT2D eigenvalue weighted by atomic mass is 10.1. The van der Waals surface area contributed by atoms with E-state index >= 15 is 0 Å². The quantitative estimate of drug-likeness (QED) is 0.838. The molecule has 2 fully saturated rings. The molecular formula is C17H26N2O3S. The molecule has 23 heavy (non-hydrogen) atoms. The molecule has 6 heteroatoms. The predicted molar refractivity (Wildman–Crippen MR) is 90.6 cm³/mol. The van der Waals surface area contributed by atoms with Crippen LogP contribution >= 0.6 is 0 Å². The van der Waals surface area contributed by atoms with Crippen molar-refractivity contribution in [3.8, 4) is 0 Å². The summed E-state index contributed by atoms with van der Waals surface area (Å²) in [5, 5.41) is -0.349. The summed E-state index contributed by atoms with van der Waals surface area (Å²) in [4.78, 5) is 2.38. The third kappa shape index (κ3) is 3.94. The normalized spacial score (nSPS) is 27.9. The zero-order valence-electron chi connectivity index (χ0n) is 13.7. The Labute approximate surface area is 139 Å². The molecule has 3 rings (SSSR count). The minimum Gasteiger partial charge on any atom is -0.380 e. The second-order valence-corrected chi connectivity index (χ2v) is 8.74. The molecule has 0 saturated carbocycles. The van der Waals surface area contributed by atoms with Crippen LogP contribution in [0.1, 0.15) is 25.3 Å².